The van der Waals surface area contributed by atoms with Crippen molar-refractivity contribution in [3.8, 4) is 0 Å². The predicted octanol–water partition coefficient (Wildman–Crippen LogP) is 4.37. The summed E-state index contributed by atoms with van der Waals surface area (Å²) in [7, 11) is 0. The van der Waals surface area contributed by atoms with Gasteiger partial charge in [-0.25, -0.2) is 0 Å². The molecule has 1 aliphatic rings. The summed E-state index contributed by atoms with van der Waals surface area (Å²) in [5, 5.41) is 3.88. The summed E-state index contributed by atoms with van der Waals surface area (Å²) in [6, 6.07) is 0.766. The maximum Gasteiger partial charge on any atom is 0.0132 e. The molecule has 0 saturated heterocycles. The summed E-state index contributed by atoms with van der Waals surface area (Å²) in [5.41, 5.74) is 0.699. The van der Waals surface area contributed by atoms with Crippen LogP contribution in [0.25, 0.3) is 0 Å². The summed E-state index contributed by atoms with van der Waals surface area (Å²) in [5.74, 6) is 0.975. The van der Waals surface area contributed by atoms with Crippen molar-refractivity contribution >= 4 is 0 Å². The van der Waals surface area contributed by atoms with Crippen LogP contribution in [0.5, 0.6) is 0 Å². The predicted molar refractivity (Wildman–Crippen MR) is 72.7 cm³/mol. The molecule has 1 aliphatic carbocycles. The van der Waals surface area contributed by atoms with Crippen molar-refractivity contribution in [3.63, 3.8) is 0 Å². The Kier molecular flexibility index (Phi) is 4.45. The largest absolute Gasteiger partial charge is 0.309 e. The van der Waals surface area contributed by atoms with Gasteiger partial charge in [0.25, 0.3) is 0 Å². The Morgan fingerprint density at radius 3 is 2.12 bits per heavy atom. The zero-order valence-corrected chi connectivity index (χ0v) is 12.2. The molecule has 1 saturated carbocycles. The van der Waals surface area contributed by atoms with Gasteiger partial charge in [0.2, 0.25) is 0 Å². The van der Waals surface area contributed by atoms with Gasteiger partial charge < -0.3 is 5.32 Å². The van der Waals surface area contributed by atoms with Crippen LogP contribution in [0.15, 0.2) is 0 Å². The highest BCUT2D eigenvalue weighted by atomic mass is 15.0. The monoisotopic (exact) mass is 225 g/mol. The van der Waals surface area contributed by atoms with Gasteiger partial charge in [0, 0.05) is 11.6 Å². The second-order valence-corrected chi connectivity index (χ2v) is 7.55. The minimum Gasteiger partial charge on any atom is -0.309 e. The van der Waals surface area contributed by atoms with Gasteiger partial charge in [-0.15, -0.1) is 0 Å². The standard InChI is InChI=1S/C15H31N/c1-7-12-8-9-13(10-12)16-15(5,6)11-14(2,3)4/h12-13,16H,7-11H2,1-6H3. The highest BCUT2D eigenvalue weighted by molar-refractivity contribution is 4.89. The molecule has 1 nitrogen and oxygen atoms in total. The van der Waals surface area contributed by atoms with Crippen molar-refractivity contribution in [2.24, 2.45) is 11.3 Å². The summed E-state index contributed by atoms with van der Waals surface area (Å²) < 4.78 is 0. The van der Waals surface area contributed by atoms with Gasteiger partial charge in [0.1, 0.15) is 0 Å². The molecular formula is C15H31N. The Hall–Kier alpha value is -0.0400. The lowest BCUT2D eigenvalue weighted by Crippen LogP contribution is -2.47. The maximum absolute atomic E-state index is 3.88. The zero-order valence-electron chi connectivity index (χ0n) is 12.2. The third-order valence-corrected chi connectivity index (χ3v) is 3.69. The van der Waals surface area contributed by atoms with Crippen LogP contribution in [0.4, 0.5) is 0 Å². The highest BCUT2D eigenvalue weighted by Crippen LogP contribution is 2.32. The van der Waals surface area contributed by atoms with E-state index in [2.05, 4.69) is 46.9 Å². The van der Waals surface area contributed by atoms with Gasteiger partial charge >= 0.3 is 0 Å². The first kappa shape index (κ1) is 14.0. The fraction of sp³-hybridized carbons (Fsp3) is 1.00. The first-order valence-electron chi connectivity index (χ1n) is 6.99. The first-order chi connectivity index (χ1) is 7.22. The summed E-state index contributed by atoms with van der Waals surface area (Å²) in [6.45, 7) is 14.0. The second-order valence-electron chi connectivity index (χ2n) is 7.55. The fourth-order valence-electron chi connectivity index (χ4n) is 3.51. The van der Waals surface area contributed by atoms with Crippen molar-refractivity contribution in [1.29, 1.82) is 0 Å². The van der Waals surface area contributed by atoms with Gasteiger partial charge in [-0.1, -0.05) is 34.1 Å². The fourth-order valence-corrected chi connectivity index (χ4v) is 3.51. The molecule has 1 N–H and O–H groups in total. The molecule has 0 aromatic rings. The number of hydrogen-bond acceptors (Lipinski definition) is 1. The molecule has 1 heteroatoms. The van der Waals surface area contributed by atoms with E-state index >= 15 is 0 Å². The molecular weight excluding hydrogens is 194 g/mol. The van der Waals surface area contributed by atoms with Gasteiger partial charge in [-0.05, 0) is 50.9 Å². The SMILES string of the molecule is CCC1CCC(NC(C)(C)CC(C)(C)C)C1. The Balaban J connectivity index is 2.41. The van der Waals surface area contributed by atoms with Crippen LogP contribution in [0.3, 0.4) is 0 Å². The van der Waals surface area contributed by atoms with Crippen LogP contribution in [-0.2, 0) is 0 Å². The molecule has 1 fully saturated rings. The Morgan fingerprint density at radius 1 is 1.06 bits per heavy atom. The van der Waals surface area contributed by atoms with E-state index in [0.29, 0.717) is 5.41 Å². The average Bonchev–Trinajstić information content (AvgIpc) is 2.46. The molecule has 0 aromatic heterocycles. The maximum atomic E-state index is 3.88. The van der Waals surface area contributed by atoms with Crippen LogP contribution in [0.2, 0.25) is 0 Å². The molecule has 0 spiro atoms. The Bertz CT molecular complexity index is 212. The molecule has 2 atom stereocenters. The number of rotatable bonds is 4. The van der Waals surface area contributed by atoms with E-state index < -0.39 is 0 Å². The van der Waals surface area contributed by atoms with Crippen LogP contribution >= 0.6 is 0 Å². The van der Waals surface area contributed by atoms with E-state index in [-0.39, 0.29) is 5.54 Å². The van der Waals surface area contributed by atoms with Crippen molar-refractivity contribution in [3.05, 3.63) is 0 Å². The lowest BCUT2D eigenvalue weighted by molar-refractivity contribution is 0.221. The van der Waals surface area contributed by atoms with Crippen molar-refractivity contribution in [1.82, 2.24) is 5.32 Å². The molecule has 96 valence electrons. The van der Waals surface area contributed by atoms with Crippen LogP contribution in [0.1, 0.15) is 73.6 Å². The molecule has 16 heavy (non-hydrogen) atoms. The normalized spacial score (nSPS) is 27.4. The molecule has 0 aromatic carbocycles. The molecule has 0 heterocycles. The van der Waals surface area contributed by atoms with Gasteiger partial charge in [-0.2, -0.15) is 0 Å². The molecule has 2 unspecified atom stereocenters. The number of nitrogens with one attached hydrogen (secondary N) is 1. The second kappa shape index (κ2) is 5.08. The van der Waals surface area contributed by atoms with Crippen LogP contribution in [0, 0.1) is 11.3 Å². The molecule has 1 rings (SSSR count). The van der Waals surface area contributed by atoms with E-state index in [9.17, 15) is 0 Å². The minimum absolute atomic E-state index is 0.283. The van der Waals surface area contributed by atoms with Crippen molar-refractivity contribution in [2.45, 2.75) is 85.2 Å². The van der Waals surface area contributed by atoms with E-state index in [4.69, 9.17) is 0 Å². The number of hydrogen-bond donors (Lipinski definition) is 1. The van der Waals surface area contributed by atoms with Crippen LogP contribution in [-0.4, -0.2) is 11.6 Å². The minimum atomic E-state index is 0.283. The Labute approximate surface area is 102 Å². The quantitative estimate of drug-likeness (QED) is 0.749. The summed E-state index contributed by atoms with van der Waals surface area (Å²) in [4.78, 5) is 0. The highest BCUT2D eigenvalue weighted by Gasteiger charge is 2.31. The van der Waals surface area contributed by atoms with Gasteiger partial charge in [0.15, 0.2) is 0 Å². The average molecular weight is 225 g/mol. The van der Waals surface area contributed by atoms with Crippen LogP contribution < -0.4 is 5.32 Å². The first-order valence-corrected chi connectivity index (χ1v) is 6.99. The third-order valence-electron chi connectivity index (χ3n) is 3.69. The topological polar surface area (TPSA) is 12.0 Å². The summed E-state index contributed by atoms with van der Waals surface area (Å²) >= 11 is 0. The summed E-state index contributed by atoms with van der Waals surface area (Å²) in [6.07, 6.45) is 6.81. The lowest BCUT2D eigenvalue weighted by atomic mass is 9.81. The molecule has 0 radical (unpaired) electrons. The lowest BCUT2D eigenvalue weighted by Gasteiger charge is -2.36. The van der Waals surface area contributed by atoms with E-state index in [1.165, 1.54) is 32.1 Å². The molecule has 0 amide bonds. The molecule has 0 bridgehead atoms. The van der Waals surface area contributed by atoms with Crippen molar-refractivity contribution in [2.75, 3.05) is 0 Å². The zero-order chi connectivity index (χ0) is 12.4. The smallest absolute Gasteiger partial charge is 0.0132 e. The van der Waals surface area contributed by atoms with Gasteiger partial charge in [-0.3, -0.25) is 0 Å². The van der Waals surface area contributed by atoms with E-state index in [1.807, 2.05) is 0 Å². The molecule has 0 aliphatic heterocycles. The van der Waals surface area contributed by atoms with E-state index in [0.717, 1.165) is 12.0 Å². The Morgan fingerprint density at radius 2 is 1.69 bits per heavy atom. The van der Waals surface area contributed by atoms with E-state index in [1.54, 1.807) is 0 Å². The van der Waals surface area contributed by atoms with Crippen molar-refractivity contribution < 1.29 is 0 Å². The van der Waals surface area contributed by atoms with Gasteiger partial charge in [0.05, 0.1) is 0 Å². The third kappa shape index (κ3) is 4.86.